The Morgan fingerprint density at radius 3 is 2.38 bits per heavy atom. The largest absolute Gasteiger partial charge is 0.326 e. The molecule has 0 spiro atoms. The summed E-state index contributed by atoms with van der Waals surface area (Å²) in [6, 6.07) is 8.96. The van der Waals surface area contributed by atoms with Crippen molar-refractivity contribution in [3.05, 3.63) is 33.4 Å². The number of halogens is 1. The maximum Gasteiger partial charge on any atom is 0.0787 e. The highest BCUT2D eigenvalue weighted by molar-refractivity contribution is 14.1. The van der Waals surface area contributed by atoms with Gasteiger partial charge in [-0.1, -0.05) is 12.1 Å². The molecule has 88 valence electrons. The first-order valence-corrected chi connectivity index (χ1v) is 7.34. The number of benzene rings is 1. The molecule has 1 heterocycles. The zero-order valence-electron chi connectivity index (χ0n) is 10.1. The van der Waals surface area contributed by atoms with Crippen LogP contribution < -0.4 is 0 Å². The van der Waals surface area contributed by atoms with Crippen LogP contribution in [0, 0.1) is 3.57 Å². The average Bonchev–Trinajstić information content (AvgIpc) is 2.69. The Labute approximate surface area is 113 Å². The monoisotopic (exact) mass is 330 g/mol. The van der Waals surface area contributed by atoms with E-state index in [9.17, 15) is 0 Å². The summed E-state index contributed by atoms with van der Waals surface area (Å²) in [6.07, 6.45) is 5.43. The van der Waals surface area contributed by atoms with Crippen LogP contribution in [0.4, 0.5) is 0 Å². The molecule has 0 aliphatic carbocycles. The zero-order chi connectivity index (χ0) is 11.4. The van der Waals surface area contributed by atoms with Gasteiger partial charge in [0.05, 0.1) is 26.7 Å². The van der Waals surface area contributed by atoms with E-state index in [1.165, 1.54) is 58.9 Å². The van der Waals surface area contributed by atoms with Crippen molar-refractivity contribution < 1.29 is 4.48 Å². The van der Waals surface area contributed by atoms with Gasteiger partial charge in [0, 0.05) is 22.8 Å². The Balaban J connectivity index is 1.77. The van der Waals surface area contributed by atoms with E-state index >= 15 is 0 Å². The van der Waals surface area contributed by atoms with E-state index in [0.29, 0.717) is 0 Å². The summed E-state index contributed by atoms with van der Waals surface area (Å²) in [6.45, 7) is 4.14. The molecule has 2 rings (SSSR count). The van der Waals surface area contributed by atoms with Gasteiger partial charge in [0.2, 0.25) is 0 Å². The lowest BCUT2D eigenvalue weighted by Gasteiger charge is -2.29. The van der Waals surface area contributed by atoms with Crippen molar-refractivity contribution in [3.63, 3.8) is 0 Å². The van der Waals surface area contributed by atoms with Gasteiger partial charge in [0.15, 0.2) is 0 Å². The molecule has 0 saturated carbocycles. The number of likely N-dealkylation sites (tertiary alicyclic amines) is 1. The van der Waals surface area contributed by atoms with Crippen molar-refractivity contribution in [1.82, 2.24) is 0 Å². The van der Waals surface area contributed by atoms with Crippen LogP contribution in [0.5, 0.6) is 0 Å². The summed E-state index contributed by atoms with van der Waals surface area (Å²) in [5.41, 5.74) is 1.49. The van der Waals surface area contributed by atoms with Crippen LogP contribution in [0.2, 0.25) is 0 Å². The molecule has 16 heavy (non-hydrogen) atoms. The van der Waals surface area contributed by atoms with E-state index in [0.717, 1.165) is 0 Å². The number of rotatable bonds is 4. The molecule has 0 N–H and O–H groups in total. The molecule has 0 atom stereocenters. The molecule has 1 aliphatic rings. The lowest BCUT2D eigenvalue weighted by molar-refractivity contribution is -0.897. The molecule has 1 nitrogen and oxygen atoms in total. The third-order valence-electron chi connectivity index (χ3n) is 3.72. The maximum atomic E-state index is 2.42. The molecular weight excluding hydrogens is 309 g/mol. The van der Waals surface area contributed by atoms with Gasteiger partial charge in [0.1, 0.15) is 0 Å². The van der Waals surface area contributed by atoms with Crippen molar-refractivity contribution in [3.8, 4) is 0 Å². The predicted octanol–water partition coefficient (Wildman–Crippen LogP) is 3.46. The molecule has 0 amide bonds. The molecule has 1 aromatic rings. The van der Waals surface area contributed by atoms with Gasteiger partial charge >= 0.3 is 0 Å². The standard InChI is InChI=1S/C14H21IN/c1-16(10-2-3-11-16)12-4-5-13-6-8-14(15)9-7-13/h6-9H,2-5,10-12H2,1H3/q+1. The molecule has 1 aromatic carbocycles. The fraction of sp³-hybridized carbons (Fsp3) is 0.571. The van der Waals surface area contributed by atoms with E-state index in [1.54, 1.807) is 0 Å². The van der Waals surface area contributed by atoms with Gasteiger partial charge in [-0.05, 0) is 46.7 Å². The lowest BCUT2D eigenvalue weighted by Crippen LogP contribution is -2.41. The first-order valence-electron chi connectivity index (χ1n) is 6.26. The summed E-state index contributed by atoms with van der Waals surface area (Å²) < 4.78 is 2.64. The van der Waals surface area contributed by atoms with Crippen LogP contribution in [0.3, 0.4) is 0 Å². The SMILES string of the molecule is C[N+]1(CCCc2ccc(I)cc2)CCCC1. The van der Waals surface area contributed by atoms with Gasteiger partial charge in [-0.25, -0.2) is 0 Å². The lowest BCUT2D eigenvalue weighted by atomic mass is 10.1. The van der Waals surface area contributed by atoms with Crippen molar-refractivity contribution in [1.29, 1.82) is 0 Å². The van der Waals surface area contributed by atoms with Crippen molar-refractivity contribution in [2.24, 2.45) is 0 Å². The minimum absolute atomic E-state index is 1.24. The Morgan fingerprint density at radius 1 is 1.12 bits per heavy atom. The highest BCUT2D eigenvalue weighted by Gasteiger charge is 2.25. The second kappa shape index (κ2) is 5.50. The smallest absolute Gasteiger partial charge is 0.0787 e. The predicted molar refractivity (Wildman–Crippen MR) is 77.5 cm³/mol. The molecule has 0 aromatic heterocycles. The normalized spacial score (nSPS) is 18.9. The zero-order valence-corrected chi connectivity index (χ0v) is 12.2. The molecular formula is C14H21IN+. The Morgan fingerprint density at radius 2 is 1.75 bits per heavy atom. The number of hydrogen-bond acceptors (Lipinski definition) is 0. The average molecular weight is 330 g/mol. The Hall–Kier alpha value is -0.0900. The topological polar surface area (TPSA) is 0 Å². The highest BCUT2D eigenvalue weighted by atomic mass is 127. The van der Waals surface area contributed by atoms with Gasteiger partial charge < -0.3 is 4.48 Å². The summed E-state index contributed by atoms with van der Waals surface area (Å²) in [4.78, 5) is 0. The third-order valence-corrected chi connectivity index (χ3v) is 4.44. The molecule has 0 bridgehead atoms. The van der Waals surface area contributed by atoms with Crippen LogP contribution in [-0.4, -0.2) is 31.2 Å². The molecule has 0 radical (unpaired) electrons. The molecule has 0 unspecified atom stereocenters. The number of hydrogen-bond donors (Lipinski definition) is 0. The first kappa shape index (κ1) is 12.4. The summed E-state index contributed by atoms with van der Waals surface area (Å²) in [5.74, 6) is 0. The second-order valence-corrected chi connectivity index (χ2v) is 6.47. The van der Waals surface area contributed by atoms with Crippen LogP contribution >= 0.6 is 22.6 Å². The van der Waals surface area contributed by atoms with Crippen molar-refractivity contribution in [2.45, 2.75) is 25.7 Å². The van der Waals surface area contributed by atoms with E-state index in [2.05, 4.69) is 53.9 Å². The van der Waals surface area contributed by atoms with E-state index in [-0.39, 0.29) is 0 Å². The molecule has 2 heteroatoms. The summed E-state index contributed by atoms with van der Waals surface area (Å²) in [7, 11) is 2.42. The fourth-order valence-corrected chi connectivity index (χ4v) is 3.00. The molecule has 1 aliphatic heterocycles. The minimum Gasteiger partial charge on any atom is -0.326 e. The van der Waals surface area contributed by atoms with Crippen LogP contribution in [0.25, 0.3) is 0 Å². The van der Waals surface area contributed by atoms with Crippen LogP contribution in [0.15, 0.2) is 24.3 Å². The molecule has 1 saturated heterocycles. The van der Waals surface area contributed by atoms with Gasteiger partial charge in [0.25, 0.3) is 0 Å². The first-order chi connectivity index (χ1) is 7.68. The van der Waals surface area contributed by atoms with Crippen molar-refractivity contribution in [2.75, 3.05) is 26.7 Å². The summed E-state index contributed by atoms with van der Waals surface area (Å²) >= 11 is 2.36. The third kappa shape index (κ3) is 3.45. The van der Waals surface area contributed by atoms with Gasteiger partial charge in [-0.2, -0.15) is 0 Å². The summed E-state index contributed by atoms with van der Waals surface area (Å²) in [5, 5.41) is 0. The number of quaternary nitrogens is 1. The molecule has 1 fully saturated rings. The van der Waals surface area contributed by atoms with E-state index in [4.69, 9.17) is 0 Å². The number of aryl methyl sites for hydroxylation is 1. The second-order valence-electron chi connectivity index (χ2n) is 5.23. The van der Waals surface area contributed by atoms with E-state index < -0.39 is 0 Å². The Bertz CT molecular complexity index is 325. The minimum atomic E-state index is 1.24. The fourth-order valence-electron chi connectivity index (χ4n) is 2.64. The quantitative estimate of drug-likeness (QED) is 0.586. The maximum absolute atomic E-state index is 2.42. The number of nitrogens with zero attached hydrogens (tertiary/aromatic N) is 1. The van der Waals surface area contributed by atoms with Gasteiger partial charge in [-0.3, -0.25) is 0 Å². The van der Waals surface area contributed by atoms with Crippen LogP contribution in [0.1, 0.15) is 24.8 Å². The van der Waals surface area contributed by atoms with Crippen LogP contribution in [-0.2, 0) is 6.42 Å². The van der Waals surface area contributed by atoms with E-state index in [1.807, 2.05) is 0 Å². The Kier molecular flexibility index (Phi) is 4.25. The van der Waals surface area contributed by atoms with Gasteiger partial charge in [-0.15, -0.1) is 0 Å². The highest BCUT2D eigenvalue weighted by Crippen LogP contribution is 2.17. The van der Waals surface area contributed by atoms with Crippen molar-refractivity contribution >= 4 is 22.6 Å².